The van der Waals surface area contributed by atoms with Crippen molar-refractivity contribution in [2.45, 2.75) is 59.2 Å². The summed E-state index contributed by atoms with van der Waals surface area (Å²) in [6.45, 7) is 7.06. The van der Waals surface area contributed by atoms with Gasteiger partial charge in [-0.15, -0.1) is 0 Å². The molecule has 1 N–H and O–H groups in total. The van der Waals surface area contributed by atoms with E-state index in [0.29, 0.717) is 33.7 Å². The number of fused-ring (bicyclic) bond motifs is 2. The number of hydrogen-bond acceptors (Lipinski definition) is 6. The van der Waals surface area contributed by atoms with Gasteiger partial charge in [0.15, 0.2) is 11.6 Å². The Hall–Kier alpha value is -4.96. The molecule has 3 aromatic carbocycles. The number of anilines is 1. The van der Waals surface area contributed by atoms with Gasteiger partial charge < -0.3 is 10.2 Å². The summed E-state index contributed by atoms with van der Waals surface area (Å²) < 4.78 is 17.3. The highest BCUT2D eigenvalue weighted by Crippen LogP contribution is 2.59. The SMILES string of the molecule is CC(=O)c1nn(CC(=O)N2[C@H](C(=O)Nc3cccc(-c4ccccc4Cl)c3F)C[C@@]3(C)C[C@@H]23)c2c(C)cc(-c3cnc(C)nc3)cc12. The predicted molar refractivity (Wildman–Crippen MR) is 177 cm³/mol. The van der Waals surface area contributed by atoms with Gasteiger partial charge in [0.1, 0.15) is 24.1 Å². The van der Waals surface area contributed by atoms with Crippen molar-refractivity contribution in [3.63, 3.8) is 0 Å². The Morgan fingerprint density at radius 2 is 1.72 bits per heavy atom. The number of aromatic nitrogens is 4. The molecular weight excluding hydrogens is 619 g/mol. The second-order valence-electron chi connectivity index (χ2n) is 12.8. The second-order valence-corrected chi connectivity index (χ2v) is 13.2. The highest BCUT2D eigenvalue weighted by molar-refractivity contribution is 6.33. The van der Waals surface area contributed by atoms with Crippen LogP contribution in [0.15, 0.2) is 67.0 Å². The lowest BCUT2D eigenvalue weighted by molar-refractivity contribution is -0.138. The number of halogens is 2. The fraction of sp³-hybridized carbons (Fsp3) is 0.278. The van der Waals surface area contributed by atoms with Crippen molar-refractivity contribution in [2.75, 3.05) is 5.32 Å². The van der Waals surface area contributed by atoms with E-state index in [2.05, 4.69) is 27.3 Å². The number of benzene rings is 3. The summed E-state index contributed by atoms with van der Waals surface area (Å²) in [5.74, 6) is -0.937. The minimum absolute atomic E-state index is 0.0140. The molecular formula is C36H32ClFN6O3. The molecule has 2 fully saturated rings. The molecule has 0 bridgehead atoms. The Balaban J connectivity index is 1.18. The number of piperidine rings is 1. The molecule has 2 amide bonds. The molecule has 0 unspecified atom stereocenters. The Kier molecular flexibility index (Phi) is 7.43. The lowest BCUT2D eigenvalue weighted by atomic mass is 10.0. The van der Waals surface area contributed by atoms with Gasteiger partial charge in [-0.25, -0.2) is 14.4 Å². The minimum atomic E-state index is -0.794. The number of rotatable bonds is 7. The second kappa shape index (κ2) is 11.4. The van der Waals surface area contributed by atoms with E-state index in [1.165, 1.54) is 13.0 Å². The molecule has 2 aliphatic rings. The fourth-order valence-electron chi connectivity index (χ4n) is 6.91. The van der Waals surface area contributed by atoms with E-state index in [-0.39, 0.29) is 46.6 Å². The number of likely N-dealkylation sites (tertiary alicyclic amines) is 1. The van der Waals surface area contributed by atoms with Crippen LogP contribution in [0.3, 0.4) is 0 Å². The topological polar surface area (TPSA) is 110 Å². The van der Waals surface area contributed by atoms with Gasteiger partial charge >= 0.3 is 0 Å². The summed E-state index contributed by atoms with van der Waals surface area (Å²) in [5.41, 5.74) is 3.97. The molecule has 47 heavy (non-hydrogen) atoms. The van der Waals surface area contributed by atoms with Crippen molar-refractivity contribution < 1.29 is 18.8 Å². The maximum Gasteiger partial charge on any atom is 0.247 e. The first kappa shape index (κ1) is 30.7. The summed E-state index contributed by atoms with van der Waals surface area (Å²) in [7, 11) is 0. The monoisotopic (exact) mass is 650 g/mol. The van der Waals surface area contributed by atoms with E-state index in [1.807, 2.05) is 26.0 Å². The summed E-state index contributed by atoms with van der Waals surface area (Å²) in [5, 5.41) is 8.35. The Morgan fingerprint density at radius 1 is 1.00 bits per heavy atom. The zero-order valence-electron chi connectivity index (χ0n) is 26.3. The number of ketones is 1. The molecule has 11 heteroatoms. The first-order chi connectivity index (χ1) is 22.4. The first-order valence-electron chi connectivity index (χ1n) is 15.4. The van der Waals surface area contributed by atoms with E-state index < -0.39 is 17.8 Å². The van der Waals surface area contributed by atoms with Crippen LogP contribution in [-0.4, -0.2) is 54.3 Å². The molecule has 0 radical (unpaired) electrons. The molecule has 7 rings (SSSR count). The van der Waals surface area contributed by atoms with Gasteiger partial charge in [0.25, 0.3) is 0 Å². The maximum absolute atomic E-state index is 15.7. The van der Waals surface area contributed by atoms with Gasteiger partial charge in [-0.1, -0.05) is 48.9 Å². The Labute approximate surface area is 275 Å². The number of nitrogens with one attached hydrogen (secondary N) is 1. The Morgan fingerprint density at radius 3 is 2.45 bits per heavy atom. The van der Waals surface area contributed by atoms with Crippen molar-refractivity contribution in [3.05, 3.63) is 94.9 Å². The van der Waals surface area contributed by atoms with E-state index in [0.717, 1.165) is 23.1 Å². The number of Topliss-reactive ketones (excluding diaryl/α,β-unsaturated/α-hetero) is 1. The van der Waals surface area contributed by atoms with E-state index in [1.54, 1.807) is 58.4 Å². The smallest absolute Gasteiger partial charge is 0.247 e. The molecule has 1 saturated heterocycles. The summed E-state index contributed by atoms with van der Waals surface area (Å²) in [4.78, 5) is 50.7. The quantitative estimate of drug-likeness (QED) is 0.194. The highest BCUT2D eigenvalue weighted by Gasteiger charge is 2.64. The third-order valence-corrected chi connectivity index (χ3v) is 9.74. The van der Waals surface area contributed by atoms with E-state index in [4.69, 9.17) is 11.6 Å². The normalized spacial score (nSPS) is 19.9. The number of amides is 2. The molecule has 238 valence electrons. The number of hydrogen-bond donors (Lipinski definition) is 1. The van der Waals surface area contributed by atoms with Crippen molar-refractivity contribution in [1.29, 1.82) is 0 Å². The van der Waals surface area contributed by atoms with Crippen LogP contribution in [0.25, 0.3) is 33.2 Å². The van der Waals surface area contributed by atoms with Gasteiger partial charge in [-0.05, 0) is 67.5 Å². The standard InChI is InChI=1S/C36H32ClFN6O3/c1-19-12-22(23-16-39-21(3)40-17-23)13-26-33(20(2)45)42-43(34(19)26)18-31(46)44-29(14-36(4)15-30(36)44)35(47)41-28-11-7-9-25(32(28)38)24-8-5-6-10-27(24)37/h5-13,16-17,29-30H,14-15,18H2,1-4H3,(H,41,47)/t29-,30+,36-/m0/s1. The van der Waals surface area contributed by atoms with Crippen molar-refractivity contribution >= 4 is 45.8 Å². The summed E-state index contributed by atoms with van der Waals surface area (Å²) in [6.07, 6.45) is 4.70. The van der Waals surface area contributed by atoms with Crippen LogP contribution in [0.1, 0.15) is 48.6 Å². The largest absolute Gasteiger partial charge is 0.325 e. The highest BCUT2D eigenvalue weighted by atomic mass is 35.5. The Bertz CT molecular complexity index is 2110. The van der Waals surface area contributed by atoms with Crippen LogP contribution in [0, 0.1) is 25.1 Å². The number of carbonyl (C=O) groups excluding carboxylic acids is 3. The van der Waals surface area contributed by atoms with Gasteiger partial charge in [-0.2, -0.15) is 5.10 Å². The van der Waals surface area contributed by atoms with Crippen molar-refractivity contribution in [2.24, 2.45) is 5.41 Å². The molecule has 2 aromatic heterocycles. The molecule has 0 spiro atoms. The maximum atomic E-state index is 15.7. The van der Waals surface area contributed by atoms with Crippen LogP contribution in [-0.2, 0) is 16.1 Å². The van der Waals surface area contributed by atoms with Crippen LogP contribution in [0.2, 0.25) is 5.02 Å². The zero-order valence-corrected chi connectivity index (χ0v) is 27.1. The van der Waals surface area contributed by atoms with E-state index >= 15 is 4.39 Å². The van der Waals surface area contributed by atoms with Crippen LogP contribution in [0.4, 0.5) is 10.1 Å². The summed E-state index contributed by atoms with van der Waals surface area (Å²) >= 11 is 6.33. The third-order valence-electron chi connectivity index (χ3n) is 9.41. The van der Waals surface area contributed by atoms with Crippen molar-refractivity contribution in [3.8, 4) is 22.3 Å². The lowest BCUT2D eigenvalue weighted by Gasteiger charge is -2.27. The number of nitrogens with zero attached hydrogens (tertiary/aromatic N) is 5. The molecule has 9 nitrogen and oxygen atoms in total. The average Bonchev–Trinajstić information content (AvgIpc) is 3.38. The van der Waals surface area contributed by atoms with Gasteiger partial charge in [0, 0.05) is 52.5 Å². The molecule has 3 atom stereocenters. The average molecular weight is 651 g/mol. The van der Waals surface area contributed by atoms with Gasteiger partial charge in [0.2, 0.25) is 11.8 Å². The number of carbonyl (C=O) groups is 3. The predicted octanol–water partition coefficient (Wildman–Crippen LogP) is 6.79. The molecule has 1 saturated carbocycles. The molecule has 3 heterocycles. The van der Waals surface area contributed by atoms with Crippen LogP contribution < -0.4 is 5.32 Å². The molecule has 5 aromatic rings. The number of aryl methyl sites for hydroxylation is 2. The van der Waals surface area contributed by atoms with Gasteiger partial charge in [-0.3, -0.25) is 19.1 Å². The zero-order chi connectivity index (χ0) is 33.2. The molecule has 1 aliphatic heterocycles. The minimum Gasteiger partial charge on any atom is -0.325 e. The van der Waals surface area contributed by atoms with Crippen LogP contribution in [0.5, 0.6) is 0 Å². The first-order valence-corrected chi connectivity index (χ1v) is 15.8. The van der Waals surface area contributed by atoms with Crippen LogP contribution >= 0.6 is 11.6 Å². The molecule has 1 aliphatic carbocycles. The fourth-order valence-corrected chi connectivity index (χ4v) is 7.15. The van der Waals surface area contributed by atoms with E-state index in [9.17, 15) is 14.4 Å². The third kappa shape index (κ3) is 5.36. The summed E-state index contributed by atoms with van der Waals surface area (Å²) in [6, 6.07) is 14.6. The lowest BCUT2D eigenvalue weighted by Crippen LogP contribution is -2.46. The van der Waals surface area contributed by atoms with Gasteiger partial charge in [0.05, 0.1) is 11.2 Å². The van der Waals surface area contributed by atoms with Crippen molar-refractivity contribution in [1.82, 2.24) is 24.6 Å².